The van der Waals surface area contributed by atoms with Gasteiger partial charge in [-0.2, -0.15) is 0 Å². The van der Waals surface area contributed by atoms with E-state index in [1.54, 1.807) is 13.0 Å². The minimum absolute atomic E-state index is 0.242. The number of aromatic nitrogens is 1. The first-order valence-electron chi connectivity index (χ1n) is 7.01. The van der Waals surface area contributed by atoms with Crippen molar-refractivity contribution < 1.29 is 19.2 Å². The molecule has 1 aromatic heterocycles. The van der Waals surface area contributed by atoms with Crippen molar-refractivity contribution in [3.05, 3.63) is 17.5 Å². The standard InChI is InChI=1S/C14H18N2O4/c1-14(13(18)19)6-2-3-11(14)15-12(17)9-7-10(20-16-9)8-4-5-8/h7-8,11H,2-6H2,1H3,(H,15,17)(H,18,19). The maximum atomic E-state index is 12.1. The summed E-state index contributed by atoms with van der Waals surface area (Å²) in [6, 6.07) is 1.31. The van der Waals surface area contributed by atoms with E-state index in [0.717, 1.165) is 25.0 Å². The lowest BCUT2D eigenvalue weighted by Gasteiger charge is -2.27. The van der Waals surface area contributed by atoms with Gasteiger partial charge in [-0.05, 0) is 32.6 Å². The number of nitrogens with one attached hydrogen (secondary N) is 1. The third-order valence-electron chi connectivity index (χ3n) is 4.49. The highest BCUT2D eigenvalue weighted by Gasteiger charge is 2.46. The van der Waals surface area contributed by atoms with E-state index in [4.69, 9.17) is 4.52 Å². The first-order chi connectivity index (χ1) is 9.50. The first kappa shape index (κ1) is 13.1. The van der Waals surface area contributed by atoms with Crippen molar-refractivity contribution in [1.29, 1.82) is 0 Å². The summed E-state index contributed by atoms with van der Waals surface area (Å²) in [5.74, 6) is -0.0541. The summed E-state index contributed by atoms with van der Waals surface area (Å²) >= 11 is 0. The molecule has 0 spiro atoms. The molecule has 108 valence electrons. The fraction of sp³-hybridized carbons (Fsp3) is 0.643. The molecule has 0 aliphatic heterocycles. The average Bonchev–Trinajstić information content (AvgIpc) is 3.01. The molecule has 2 atom stereocenters. The van der Waals surface area contributed by atoms with E-state index in [2.05, 4.69) is 10.5 Å². The summed E-state index contributed by atoms with van der Waals surface area (Å²) in [7, 11) is 0. The zero-order chi connectivity index (χ0) is 14.3. The highest BCUT2D eigenvalue weighted by molar-refractivity contribution is 5.93. The van der Waals surface area contributed by atoms with Crippen LogP contribution >= 0.6 is 0 Å². The van der Waals surface area contributed by atoms with Gasteiger partial charge in [-0.1, -0.05) is 11.6 Å². The van der Waals surface area contributed by atoms with E-state index in [-0.39, 0.29) is 17.6 Å². The van der Waals surface area contributed by atoms with Gasteiger partial charge >= 0.3 is 5.97 Å². The average molecular weight is 278 g/mol. The lowest BCUT2D eigenvalue weighted by molar-refractivity contribution is -0.148. The minimum atomic E-state index is -0.890. The number of amides is 1. The predicted octanol–water partition coefficient (Wildman–Crippen LogP) is 1.93. The van der Waals surface area contributed by atoms with E-state index in [0.29, 0.717) is 18.8 Å². The second-order valence-electron chi connectivity index (χ2n) is 6.03. The monoisotopic (exact) mass is 278 g/mol. The van der Waals surface area contributed by atoms with E-state index in [9.17, 15) is 14.7 Å². The zero-order valence-electron chi connectivity index (χ0n) is 11.4. The van der Waals surface area contributed by atoms with Crippen molar-refractivity contribution in [3.8, 4) is 0 Å². The normalized spacial score (nSPS) is 29.4. The molecule has 0 saturated heterocycles. The van der Waals surface area contributed by atoms with Crippen molar-refractivity contribution in [2.45, 2.75) is 51.0 Å². The van der Waals surface area contributed by atoms with Gasteiger partial charge in [0.25, 0.3) is 5.91 Å². The largest absolute Gasteiger partial charge is 0.481 e. The Labute approximate surface area is 116 Å². The molecule has 2 aliphatic carbocycles. The first-order valence-corrected chi connectivity index (χ1v) is 7.01. The van der Waals surface area contributed by atoms with Gasteiger partial charge < -0.3 is 14.9 Å². The number of hydrogen-bond acceptors (Lipinski definition) is 4. The lowest BCUT2D eigenvalue weighted by Crippen LogP contribution is -2.47. The molecule has 2 aliphatic rings. The van der Waals surface area contributed by atoms with Crippen molar-refractivity contribution in [2.24, 2.45) is 5.41 Å². The van der Waals surface area contributed by atoms with Crippen LogP contribution in [-0.4, -0.2) is 28.2 Å². The number of nitrogens with zero attached hydrogens (tertiary/aromatic N) is 1. The van der Waals surface area contributed by atoms with Gasteiger partial charge in [-0.15, -0.1) is 0 Å². The van der Waals surface area contributed by atoms with Crippen molar-refractivity contribution >= 4 is 11.9 Å². The molecule has 0 bridgehead atoms. The molecule has 3 rings (SSSR count). The quantitative estimate of drug-likeness (QED) is 0.877. The Morgan fingerprint density at radius 1 is 1.45 bits per heavy atom. The molecule has 0 radical (unpaired) electrons. The summed E-state index contributed by atoms with van der Waals surface area (Å²) < 4.78 is 5.15. The summed E-state index contributed by atoms with van der Waals surface area (Å²) in [6.45, 7) is 1.69. The van der Waals surface area contributed by atoms with Gasteiger partial charge in [0.15, 0.2) is 5.69 Å². The Balaban J connectivity index is 1.70. The fourth-order valence-electron chi connectivity index (χ4n) is 2.84. The van der Waals surface area contributed by atoms with Crippen LogP contribution < -0.4 is 5.32 Å². The van der Waals surface area contributed by atoms with Gasteiger partial charge in [-0.25, -0.2) is 0 Å². The maximum Gasteiger partial charge on any atom is 0.311 e. The van der Waals surface area contributed by atoms with Gasteiger partial charge in [0.05, 0.1) is 5.41 Å². The fourth-order valence-corrected chi connectivity index (χ4v) is 2.84. The van der Waals surface area contributed by atoms with Gasteiger partial charge in [-0.3, -0.25) is 9.59 Å². The second kappa shape index (κ2) is 4.61. The molecule has 6 heteroatoms. The van der Waals surface area contributed by atoms with Crippen LogP contribution in [-0.2, 0) is 4.79 Å². The molecule has 0 aromatic carbocycles. The summed E-state index contributed by atoms with van der Waals surface area (Å²) in [5, 5.41) is 15.9. The predicted molar refractivity (Wildman–Crippen MR) is 69.3 cm³/mol. The second-order valence-corrected chi connectivity index (χ2v) is 6.03. The molecule has 1 amide bonds. The molecular formula is C14H18N2O4. The molecule has 2 N–H and O–H groups in total. The Morgan fingerprint density at radius 2 is 2.20 bits per heavy atom. The number of hydrogen-bond donors (Lipinski definition) is 2. The van der Waals surface area contributed by atoms with Crippen LogP contribution in [0, 0.1) is 5.41 Å². The highest BCUT2D eigenvalue weighted by atomic mass is 16.5. The SMILES string of the molecule is CC1(C(=O)O)CCCC1NC(=O)c1cc(C2CC2)on1. The topological polar surface area (TPSA) is 92.4 Å². The Bertz CT molecular complexity index is 549. The minimum Gasteiger partial charge on any atom is -0.481 e. The summed E-state index contributed by atoms with van der Waals surface area (Å²) in [4.78, 5) is 23.5. The van der Waals surface area contributed by atoms with E-state index >= 15 is 0 Å². The Kier molecular flexibility index (Phi) is 3.03. The molecule has 1 aromatic rings. The number of rotatable bonds is 4. The number of carboxylic acid groups (broad SMARTS) is 1. The van der Waals surface area contributed by atoms with Crippen LogP contribution in [0.2, 0.25) is 0 Å². The van der Waals surface area contributed by atoms with Gasteiger partial charge in [0.1, 0.15) is 5.76 Å². The molecular weight excluding hydrogens is 260 g/mol. The van der Waals surface area contributed by atoms with Gasteiger partial charge in [0, 0.05) is 18.0 Å². The van der Waals surface area contributed by atoms with Crippen LogP contribution in [0.3, 0.4) is 0 Å². The third-order valence-corrected chi connectivity index (χ3v) is 4.49. The number of carbonyl (C=O) groups excluding carboxylic acids is 1. The highest BCUT2D eigenvalue weighted by Crippen LogP contribution is 2.40. The number of carbonyl (C=O) groups is 2. The van der Waals surface area contributed by atoms with E-state index in [1.165, 1.54) is 0 Å². The molecule has 20 heavy (non-hydrogen) atoms. The zero-order valence-corrected chi connectivity index (χ0v) is 11.4. The van der Waals surface area contributed by atoms with Crippen LogP contribution in [0.25, 0.3) is 0 Å². The van der Waals surface area contributed by atoms with Crippen LogP contribution in [0.4, 0.5) is 0 Å². The molecule has 2 saturated carbocycles. The molecule has 2 fully saturated rings. The number of aliphatic carboxylic acids is 1. The molecule has 2 unspecified atom stereocenters. The van der Waals surface area contributed by atoms with Crippen molar-refractivity contribution in [2.75, 3.05) is 0 Å². The van der Waals surface area contributed by atoms with Crippen molar-refractivity contribution in [1.82, 2.24) is 10.5 Å². The van der Waals surface area contributed by atoms with Crippen molar-refractivity contribution in [3.63, 3.8) is 0 Å². The smallest absolute Gasteiger partial charge is 0.311 e. The maximum absolute atomic E-state index is 12.1. The van der Waals surface area contributed by atoms with E-state index < -0.39 is 11.4 Å². The van der Waals surface area contributed by atoms with Crippen LogP contribution in [0.1, 0.15) is 61.2 Å². The van der Waals surface area contributed by atoms with Gasteiger partial charge in [0.2, 0.25) is 0 Å². The van der Waals surface area contributed by atoms with Crippen LogP contribution in [0.5, 0.6) is 0 Å². The summed E-state index contributed by atoms with van der Waals surface area (Å²) in [5.41, 5.74) is -0.648. The lowest BCUT2D eigenvalue weighted by atomic mass is 9.85. The number of carboxylic acids is 1. The summed E-state index contributed by atoms with van der Waals surface area (Å²) in [6.07, 6.45) is 4.23. The Hall–Kier alpha value is -1.85. The van der Waals surface area contributed by atoms with Crippen LogP contribution in [0.15, 0.2) is 10.6 Å². The third kappa shape index (κ3) is 2.19. The molecule has 1 heterocycles. The Morgan fingerprint density at radius 3 is 2.85 bits per heavy atom. The van der Waals surface area contributed by atoms with E-state index in [1.807, 2.05) is 0 Å². The molecule has 6 nitrogen and oxygen atoms in total.